The van der Waals surface area contributed by atoms with Crippen LogP contribution >= 0.6 is 27.3 Å². The van der Waals surface area contributed by atoms with Crippen LogP contribution in [0.15, 0.2) is 22.7 Å². The number of hydrogen-bond donors (Lipinski definition) is 1. The molecule has 2 rings (SSSR count). The van der Waals surface area contributed by atoms with Gasteiger partial charge < -0.3 is 5.73 Å². The Morgan fingerprint density at radius 3 is 2.61 bits per heavy atom. The predicted molar refractivity (Wildman–Crippen MR) is 82.0 cm³/mol. The summed E-state index contributed by atoms with van der Waals surface area (Å²) in [5.74, 6) is 0.421. The van der Waals surface area contributed by atoms with Crippen LogP contribution in [-0.4, -0.2) is 4.98 Å². The maximum atomic E-state index is 5.80. The minimum absolute atomic E-state index is 0.421. The number of thiazole rings is 1. The van der Waals surface area contributed by atoms with E-state index in [4.69, 9.17) is 10.7 Å². The van der Waals surface area contributed by atoms with E-state index in [1.807, 2.05) is 0 Å². The maximum absolute atomic E-state index is 5.80. The van der Waals surface area contributed by atoms with Crippen LogP contribution < -0.4 is 5.73 Å². The zero-order valence-corrected chi connectivity index (χ0v) is 13.2. The molecule has 0 aliphatic heterocycles. The second-order valence-corrected chi connectivity index (χ2v) is 6.64. The summed E-state index contributed by atoms with van der Waals surface area (Å²) in [4.78, 5) is 5.96. The first-order chi connectivity index (χ1) is 8.52. The molecule has 2 nitrogen and oxygen atoms in total. The number of benzene rings is 1. The quantitative estimate of drug-likeness (QED) is 0.905. The van der Waals surface area contributed by atoms with Crippen LogP contribution in [0.3, 0.4) is 0 Å². The Balaban J connectivity index is 2.51. The Morgan fingerprint density at radius 2 is 2.11 bits per heavy atom. The fourth-order valence-corrected chi connectivity index (χ4v) is 3.60. The average Bonchev–Trinajstić information content (AvgIpc) is 2.73. The van der Waals surface area contributed by atoms with Gasteiger partial charge in [0.15, 0.2) is 0 Å². The van der Waals surface area contributed by atoms with Gasteiger partial charge in [0.2, 0.25) is 0 Å². The van der Waals surface area contributed by atoms with Crippen LogP contribution in [0.4, 0.5) is 0 Å². The van der Waals surface area contributed by atoms with Crippen molar-refractivity contribution < 1.29 is 0 Å². The predicted octanol–water partition coefficient (Wildman–Crippen LogP) is 4.46. The van der Waals surface area contributed by atoms with E-state index in [0.717, 1.165) is 15.2 Å². The first kappa shape index (κ1) is 13.7. The van der Waals surface area contributed by atoms with Crippen LogP contribution in [-0.2, 0) is 6.54 Å². The van der Waals surface area contributed by atoms with Gasteiger partial charge in [-0.05, 0) is 30.5 Å². The van der Waals surface area contributed by atoms with Crippen LogP contribution in [0.2, 0.25) is 0 Å². The van der Waals surface area contributed by atoms with Crippen molar-refractivity contribution in [2.75, 3.05) is 0 Å². The van der Waals surface area contributed by atoms with Crippen molar-refractivity contribution in [3.63, 3.8) is 0 Å². The number of aryl methyl sites for hydroxylation is 1. The number of hydrogen-bond acceptors (Lipinski definition) is 3. The van der Waals surface area contributed by atoms with E-state index < -0.39 is 0 Å². The van der Waals surface area contributed by atoms with E-state index in [2.05, 4.69) is 54.9 Å². The standard InChI is InChI=1S/C14H17BrN2S/c1-8(2)13-12(7-16)18-14(17-13)11-5-4-10(15)6-9(11)3/h4-6,8H,7,16H2,1-3H3. The second-order valence-electron chi connectivity index (χ2n) is 4.65. The highest BCUT2D eigenvalue weighted by Gasteiger charge is 2.15. The SMILES string of the molecule is Cc1cc(Br)ccc1-c1nc(C(C)C)c(CN)s1. The molecule has 1 heterocycles. The zero-order chi connectivity index (χ0) is 13.3. The largest absolute Gasteiger partial charge is 0.326 e. The first-order valence-corrected chi connectivity index (χ1v) is 7.60. The van der Waals surface area contributed by atoms with Gasteiger partial charge in [-0.25, -0.2) is 4.98 Å². The van der Waals surface area contributed by atoms with Gasteiger partial charge in [0.05, 0.1) is 5.69 Å². The number of nitrogens with two attached hydrogens (primary N) is 1. The van der Waals surface area contributed by atoms with E-state index in [1.165, 1.54) is 16.0 Å². The number of nitrogens with zero attached hydrogens (tertiary/aromatic N) is 1. The molecule has 0 saturated carbocycles. The smallest absolute Gasteiger partial charge is 0.124 e. The van der Waals surface area contributed by atoms with Crippen molar-refractivity contribution >= 4 is 27.3 Å². The molecule has 4 heteroatoms. The molecular weight excluding hydrogens is 308 g/mol. The zero-order valence-electron chi connectivity index (χ0n) is 10.8. The molecule has 18 heavy (non-hydrogen) atoms. The molecule has 1 aromatic heterocycles. The van der Waals surface area contributed by atoms with Crippen LogP contribution in [0.25, 0.3) is 10.6 Å². The molecule has 0 aliphatic carbocycles. The lowest BCUT2D eigenvalue weighted by Crippen LogP contribution is -1.99. The minimum atomic E-state index is 0.421. The molecular formula is C14H17BrN2S. The number of rotatable bonds is 3. The molecule has 0 aliphatic rings. The van der Waals surface area contributed by atoms with Gasteiger partial charge in [0.1, 0.15) is 5.01 Å². The summed E-state index contributed by atoms with van der Waals surface area (Å²) >= 11 is 5.20. The third kappa shape index (κ3) is 2.66. The van der Waals surface area contributed by atoms with Crippen molar-refractivity contribution in [1.29, 1.82) is 0 Å². The summed E-state index contributed by atoms with van der Waals surface area (Å²) in [6.07, 6.45) is 0. The minimum Gasteiger partial charge on any atom is -0.326 e. The van der Waals surface area contributed by atoms with E-state index in [0.29, 0.717) is 12.5 Å². The molecule has 0 bridgehead atoms. The molecule has 0 amide bonds. The summed E-state index contributed by atoms with van der Waals surface area (Å²) in [5, 5.41) is 1.07. The Morgan fingerprint density at radius 1 is 1.39 bits per heavy atom. The number of halogens is 1. The Bertz CT molecular complexity index is 561. The average molecular weight is 325 g/mol. The van der Waals surface area contributed by atoms with Crippen molar-refractivity contribution in [3.8, 4) is 10.6 Å². The van der Waals surface area contributed by atoms with Gasteiger partial charge in [-0.2, -0.15) is 0 Å². The van der Waals surface area contributed by atoms with Gasteiger partial charge in [-0.3, -0.25) is 0 Å². The number of aromatic nitrogens is 1. The summed E-state index contributed by atoms with van der Waals surface area (Å²) in [7, 11) is 0. The summed E-state index contributed by atoms with van der Waals surface area (Å²) in [6, 6.07) is 6.29. The van der Waals surface area contributed by atoms with E-state index in [9.17, 15) is 0 Å². The second kappa shape index (κ2) is 5.51. The van der Waals surface area contributed by atoms with E-state index in [1.54, 1.807) is 11.3 Å². The van der Waals surface area contributed by atoms with Crippen molar-refractivity contribution in [1.82, 2.24) is 4.98 Å². The summed E-state index contributed by atoms with van der Waals surface area (Å²) in [5.41, 5.74) is 9.38. The molecule has 2 aromatic rings. The molecule has 1 aromatic carbocycles. The molecule has 96 valence electrons. The van der Waals surface area contributed by atoms with Gasteiger partial charge in [-0.1, -0.05) is 35.8 Å². The van der Waals surface area contributed by atoms with Crippen LogP contribution in [0.1, 0.15) is 35.9 Å². The molecule has 0 atom stereocenters. The molecule has 0 spiro atoms. The topological polar surface area (TPSA) is 38.9 Å². The lowest BCUT2D eigenvalue weighted by molar-refractivity contribution is 0.814. The van der Waals surface area contributed by atoms with Gasteiger partial charge in [-0.15, -0.1) is 11.3 Å². The highest BCUT2D eigenvalue weighted by molar-refractivity contribution is 9.10. The van der Waals surface area contributed by atoms with Gasteiger partial charge >= 0.3 is 0 Å². The van der Waals surface area contributed by atoms with Crippen LogP contribution in [0.5, 0.6) is 0 Å². The summed E-state index contributed by atoms with van der Waals surface area (Å²) < 4.78 is 1.10. The Labute approximate surface area is 120 Å². The van der Waals surface area contributed by atoms with Crippen LogP contribution in [0, 0.1) is 6.92 Å². The highest BCUT2D eigenvalue weighted by Crippen LogP contribution is 2.33. The van der Waals surface area contributed by atoms with Crippen molar-refractivity contribution in [2.24, 2.45) is 5.73 Å². The van der Waals surface area contributed by atoms with E-state index >= 15 is 0 Å². The fraction of sp³-hybridized carbons (Fsp3) is 0.357. The Kier molecular flexibility index (Phi) is 4.20. The maximum Gasteiger partial charge on any atom is 0.124 e. The third-order valence-corrected chi connectivity index (χ3v) is 4.50. The first-order valence-electron chi connectivity index (χ1n) is 5.99. The van der Waals surface area contributed by atoms with Crippen molar-refractivity contribution in [3.05, 3.63) is 38.8 Å². The molecule has 0 saturated heterocycles. The van der Waals surface area contributed by atoms with Gasteiger partial charge in [0, 0.05) is 21.5 Å². The molecule has 0 fully saturated rings. The summed E-state index contributed by atoms with van der Waals surface area (Å²) in [6.45, 7) is 7.00. The lowest BCUT2D eigenvalue weighted by Gasteiger charge is -2.03. The molecule has 2 N–H and O–H groups in total. The third-order valence-electron chi connectivity index (χ3n) is 2.88. The molecule has 0 unspecified atom stereocenters. The normalized spacial score (nSPS) is 11.2. The molecule has 0 radical (unpaired) electrons. The monoisotopic (exact) mass is 324 g/mol. The highest BCUT2D eigenvalue weighted by atomic mass is 79.9. The lowest BCUT2D eigenvalue weighted by atomic mass is 10.1. The Hall–Kier alpha value is -0.710. The van der Waals surface area contributed by atoms with Crippen molar-refractivity contribution in [2.45, 2.75) is 33.2 Å². The van der Waals surface area contributed by atoms with E-state index in [-0.39, 0.29) is 0 Å². The fourth-order valence-electron chi connectivity index (χ4n) is 1.94. The van der Waals surface area contributed by atoms with Gasteiger partial charge in [0.25, 0.3) is 0 Å².